The molecule has 3 aliphatic heterocycles. The SMILES string of the molecule is C[C@H]1[C@H]([Si](C)(C)O)[C@@H](CC(=O)N2Cc3ccccc3C[C@H]2CO)O[C@]12C(=O)N(Cc1cccc(NC(=O)c3ccccc3)c1)c1ccc(Br)cc12. The fraction of sp³-hybridized carbons (Fsp3) is 0.325. The molecule has 1 spiro atoms. The Morgan fingerprint density at radius 3 is 2.43 bits per heavy atom. The normalized spacial score (nSPS) is 24.1. The molecule has 3 N–H and O–H groups in total. The Bertz CT molecular complexity index is 1990. The molecule has 3 aliphatic rings. The zero-order valence-corrected chi connectivity index (χ0v) is 31.5. The fourth-order valence-electron chi connectivity index (χ4n) is 8.46. The summed E-state index contributed by atoms with van der Waals surface area (Å²) in [5.74, 6) is -1.10. The van der Waals surface area contributed by atoms with Gasteiger partial charge in [-0.15, -0.1) is 0 Å². The van der Waals surface area contributed by atoms with Gasteiger partial charge in [-0.3, -0.25) is 14.4 Å². The molecule has 4 aromatic carbocycles. The average Bonchev–Trinajstić information content (AvgIpc) is 3.53. The van der Waals surface area contributed by atoms with Crippen molar-refractivity contribution in [2.45, 2.75) is 69.2 Å². The highest BCUT2D eigenvalue weighted by Gasteiger charge is 2.66. The zero-order chi connectivity index (χ0) is 36.1. The van der Waals surface area contributed by atoms with E-state index in [1.165, 1.54) is 0 Å². The predicted molar refractivity (Wildman–Crippen MR) is 202 cm³/mol. The van der Waals surface area contributed by atoms with Crippen LogP contribution in [0, 0.1) is 5.92 Å². The first kappa shape index (κ1) is 35.3. The van der Waals surface area contributed by atoms with E-state index in [9.17, 15) is 24.3 Å². The van der Waals surface area contributed by atoms with Crippen LogP contribution in [0.25, 0.3) is 0 Å². The van der Waals surface area contributed by atoms with Gasteiger partial charge in [-0.25, -0.2) is 0 Å². The number of anilines is 2. The van der Waals surface area contributed by atoms with Crippen LogP contribution >= 0.6 is 15.9 Å². The van der Waals surface area contributed by atoms with Gasteiger partial charge >= 0.3 is 0 Å². The molecule has 4 aromatic rings. The van der Waals surface area contributed by atoms with E-state index in [-0.39, 0.29) is 43.3 Å². The van der Waals surface area contributed by atoms with E-state index in [0.717, 1.165) is 21.2 Å². The summed E-state index contributed by atoms with van der Waals surface area (Å²) in [4.78, 5) is 57.1. The van der Waals surface area contributed by atoms with Gasteiger partial charge in [-0.05, 0) is 78.7 Å². The third-order valence-corrected chi connectivity index (χ3v) is 13.8. The molecule has 7 rings (SSSR count). The number of benzene rings is 4. The van der Waals surface area contributed by atoms with E-state index in [1.54, 1.807) is 21.9 Å². The minimum absolute atomic E-state index is 0.0216. The topological polar surface area (TPSA) is 119 Å². The minimum atomic E-state index is -3.02. The van der Waals surface area contributed by atoms with Gasteiger partial charge in [0.2, 0.25) is 5.91 Å². The van der Waals surface area contributed by atoms with Crippen molar-refractivity contribution >= 4 is 53.3 Å². The number of carbonyl (C=O) groups is 3. The highest BCUT2D eigenvalue weighted by Crippen LogP contribution is 2.60. The van der Waals surface area contributed by atoms with Crippen LogP contribution in [0.4, 0.5) is 11.4 Å². The van der Waals surface area contributed by atoms with E-state index in [2.05, 4.69) is 21.2 Å². The fourth-order valence-corrected chi connectivity index (χ4v) is 11.4. The summed E-state index contributed by atoms with van der Waals surface area (Å²) in [5, 5.41) is 13.2. The lowest BCUT2D eigenvalue weighted by atomic mass is 9.82. The molecule has 0 unspecified atom stereocenters. The lowest BCUT2D eigenvalue weighted by Gasteiger charge is -2.37. The molecule has 0 radical (unpaired) electrons. The molecule has 0 aromatic heterocycles. The second-order valence-electron chi connectivity index (χ2n) is 14.5. The van der Waals surface area contributed by atoms with Gasteiger partial charge in [0, 0.05) is 39.3 Å². The summed E-state index contributed by atoms with van der Waals surface area (Å²) in [5.41, 5.74) is 3.67. The monoisotopic (exact) mass is 767 g/mol. The molecule has 264 valence electrons. The van der Waals surface area contributed by atoms with Crippen molar-refractivity contribution in [3.05, 3.63) is 129 Å². The predicted octanol–water partition coefficient (Wildman–Crippen LogP) is 6.38. The maximum atomic E-state index is 14.9. The van der Waals surface area contributed by atoms with Crippen LogP contribution in [-0.4, -0.2) is 59.6 Å². The number of amides is 3. The number of fused-ring (bicyclic) bond motifs is 3. The van der Waals surface area contributed by atoms with Crippen molar-refractivity contribution in [3.8, 4) is 0 Å². The average molecular weight is 769 g/mol. The molecular weight excluding hydrogens is 726 g/mol. The van der Waals surface area contributed by atoms with Crippen LogP contribution in [0.2, 0.25) is 18.6 Å². The maximum Gasteiger partial charge on any atom is 0.264 e. The number of hydrogen-bond donors (Lipinski definition) is 3. The highest BCUT2D eigenvalue weighted by molar-refractivity contribution is 9.10. The van der Waals surface area contributed by atoms with E-state index in [0.29, 0.717) is 35.5 Å². The van der Waals surface area contributed by atoms with Gasteiger partial charge in [-0.2, -0.15) is 0 Å². The van der Waals surface area contributed by atoms with Crippen LogP contribution in [0.3, 0.4) is 0 Å². The van der Waals surface area contributed by atoms with Crippen LogP contribution in [0.1, 0.15) is 46.0 Å². The number of hydrogen-bond acceptors (Lipinski definition) is 6. The van der Waals surface area contributed by atoms with Crippen molar-refractivity contribution in [2.24, 2.45) is 5.92 Å². The van der Waals surface area contributed by atoms with Crippen LogP contribution in [0.5, 0.6) is 0 Å². The summed E-state index contributed by atoms with van der Waals surface area (Å²) in [6.45, 7) is 6.08. The minimum Gasteiger partial charge on any atom is -0.432 e. The summed E-state index contributed by atoms with van der Waals surface area (Å²) < 4.78 is 7.73. The van der Waals surface area contributed by atoms with Crippen LogP contribution in [0.15, 0.2) is 102 Å². The zero-order valence-electron chi connectivity index (χ0n) is 28.9. The van der Waals surface area contributed by atoms with Gasteiger partial charge in [0.25, 0.3) is 11.8 Å². The largest absolute Gasteiger partial charge is 0.432 e. The molecular formula is C40H42BrN3O6Si. The smallest absolute Gasteiger partial charge is 0.264 e. The second kappa shape index (κ2) is 13.8. The van der Waals surface area contributed by atoms with Gasteiger partial charge in [0.15, 0.2) is 13.9 Å². The Balaban J connectivity index is 1.19. The molecule has 51 heavy (non-hydrogen) atoms. The van der Waals surface area contributed by atoms with Crippen molar-refractivity contribution in [1.29, 1.82) is 0 Å². The molecule has 0 bridgehead atoms. The van der Waals surface area contributed by atoms with E-state index < -0.39 is 31.5 Å². The summed E-state index contributed by atoms with van der Waals surface area (Å²) in [7, 11) is -3.02. The van der Waals surface area contributed by atoms with Crippen molar-refractivity contribution in [1.82, 2.24) is 4.90 Å². The Hall–Kier alpha value is -4.13. The van der Waals surface area contributed by atoms with Gasteiger partial charge < -0.3 is 29.8 Å². The third kappa shape index (κ3) is 6.46. The molecule has 5 atom stereocenters. The van der Waals surface area contributed by atoms with Crippen LogP contribution < -0.4 is 10.2 Å². The Kier molecular flexibility index (Phi) is 9.53. The number of rotatable bonds is 8. The number of ether oxygens (including phenoxy) is 1. The van der Waals surface area contributed by atoms with Crippen molar-refractivity contribution < 1.29 is 29.0 Å². The van der Waals surface area contributed by atoms with Gasteiger partial charge in [0.05, 0.1) is 37.4 Å². The lowest BCUT2D eigenvalue weighted by molar-refractivity contribution is -0.151. The first-order valence-corrected chi connectivity index (χ1v) is 21.2. The number of nitrogens with zero attached hydrogens (tertiary/aromatic N) is 2. The van der Waals surface area contributed by atoms with Gasteiger partial charge in [0.1, 0.15) is 0 Å². The van der Waals surface area contributed by atoms with Crippen LogP contribution in [-0.2, 0) is 39.4 Å². The number of aliphatic hydroxyl groups excluding tert-OH is 1. The molecule has 9 nitrogen and oxygen atoms in total. The highest BCUT2D eigenvalue weighted by atomic mass is 79.9. The standard InChI is InChI=1S/C40H42BrN3O6Si/c1-25-37(51(2,3)49)35(21-36(46)43-23-29-14-8-7-13-28(29)19-32(43)24-45)50-40(25)33-20-30(41)16-17-34(33)44(39(40)48)22-26-10-9-15-31(18-26)42-38(47)27-11-5-4-6-12-27/h4-18,20,25,32,35,37,45,49H,19,21-24H2,1-3H3,(H,42,47)/t25-,32-,35+,37-,40+/m0/s1. The first-order valence-electron chi connectivity index (χ1n) is 17.4. The number of aliphatic hydroxyl groups is 1. The van der Waals surface area contributed by atoms with Crippen molar-refractivity contribution in [3.63, 3.8) is 0 Å². The molecule has 1 fully saturated rings. The second-order valence-corrected chi connectivity index (χ2v) is 19.4. The molecule has 3 amide bonds. The third-order valence-electron chi connectivity index (χ3n) is 10.8. The van der Waals surface area contributed by atoms with Crippen molar-refractivity contribution in [2.75, 3.05) is 16.8 Å². The number of halogens is 1. The summed E-state index contributed by atoms with van der Waals surface area (Å²) >= 11 is 3.61. The molecule has 1 saturated heterocycles. The van der Waals surface area contributed by atoms with E-state index in [4.69, 9.17) is 4.74 Å². The molecule has 0 aliphatic carbocycles. The number of carbonyl (C=O) groups excluding carboxylic acids is 3. The van der Waals surface area contributed by atoms with E-state index >= 15 is 0 Å². The molecule has 3 heterocycles. The summed E-state index contributed by atoms with van der Waals surface area (Å²) in [6, 6.07) is 29.7. The quantitative estimate of drug-likeness (QED) is 0.179. The lowest BCUT2D eigenvalue weighted by Crippen LogP contribution is -2.48. The summed E-state index contributed by atoms with van der Waals surface area (Å²) in [6.07, 6.45) is -0.186. The number of nitrogens with one attached hydrogen (secondary N) is 1. The Labute approximate surface area is 307 Å². The van der Waals surface area contributed by atoms with Gasteiger partial charge in [-0.1, -0.05) is 77.5 Å². The Morgan fingerprint density at radius 2 is 1.71 bits per heavy atom. The molecule has 11 heteroatoms. The molecule has 0 saturated carbocycles. The maximum absolute atomic E-state index is 14.9. The van der Waals surface area contributed by atoms with E-state index in [1.807, 2.05) is 105 Å². The Morgan fingerprint density at radius 1 is 0.980 bits per heavy atom. The first-order chi connectivity index (χ1) is 24.4.